The molecule has 0 bridgehead atoms. The molecule has 4 aliphatic heterocycles. The number of carbonyl (C=O) groups excluding carboxylic acids is 2. The third-order valence-corrected chi connectivity index (χ3v) is 8.06. The van der Waals surface area contributed by atoms with E-state index >= 15 is 0 Å². The van der Waals surface area contributed by atoms with Crippen LogP contribution in [0.4, 0.5) is 5.69 Å². The number of hydrogen-bond acceptors (Lipinski definition) is 9. The number of hydrogen-bond donors (Lipinski definition) is 5. The van der Waals surface area contributed by atoms with E-state index in [2.05, 4.69) is 43.5 Å². The molecule has 1 aromatic rings. The lowest BCUT2D eigenvalue weighted by Crippen LogP contribution is -2.76. The number of ether oxygens (including phenoxy) is 1. The summed E-state index contributed by atoms with van der Waals surface area (Å²) in [6.45, 7) is 9.34. The van der Waals surface area contributed by atoms with Crippen LogP contribution in [0.25, 0.3) is 0 Å². The monoisotopic (exact) mass is 514 g/mol. The maximum Gasteiger partial charge on any atom is 0.260 e. The summed E-state index contributed by atoms with van der Waals surface area (Å²) in [7, 11) is 0. The van der Waals surface area contributed by atoms with Gasteiger partial charge in [0.1, 0.15) is 12.0 Å². The van der Waals surface area contributed by atoms with E-state index in [4.69, 9.17) is 4.74 Å². The van der Waals surface area contributed by atoms with Gasteiger partial charge in [-0.2, -0.15) is 0 Å². The van der Waals surface area contributed by atoms with Gasteiger partial charge in [0.15, 0.2) is 6.61 Å². The molecule has 4 unspecified atom stereocenters. The Balaban J connectivity index is 1.18. The van der Waals surface area contributed by atoms with Crippen molar-refractivity contribution in [3.63, 3.8) is 0 Å². The van der Waals surface area contributed by atoms with Gasteiger partial charge in [0.2, 0.25) is 5.91 Å². The number of carbonyl (C=O) groups is 2. The number of nitrogens with one attached hydrogen (secondary N) is 5. The molecule has 2 amide bonds. The van der Waals surface area contributed by atoms with Gasteiger partial charge in [-0.05, 0) is 43.7 Å². The maximum absolute atomic E-state index is 12.8. The topological polar surface area (TPSA) is 113 Å². The highest BCUT2D eigenvalue weighted by Crippen LogP contribution is 2.24. The van der Waals surface area contributed by atoms with Crippen molar-refractivity contribution < 1.29 is 14.3 Å². The summed E-state index contributed by atoms with van der Waals surface area (Å²) in [4.78, 5) is 32.0. The molecule has 0 aromatic heterocycles. The first-order valence-electron chi connectivity index (χ1n) is 13.9. The summed E-state index contributed by atoms with van der Waals surface area (Å²) < 4.78 is 5.79. The lowest BCUT2D eigenvalue weighted by Gasteiger charge is -2.48. The van der Waals surface area contributed by atoms with Gasteiger partial charge < -0.3 is 19.9 Å². The van der Waals surface area contributed by atoms with Crippen LogP contribution < -0.4 is 31.5 Å². The van der Waals surface area contributed by atoms with Gasteiger partial charge >= 0.3 is 0 Å². The first-order valence-corrected chi connectivity index (χ1v) is 13.9. The van der Waals surface area contributed by atoms with Crippen LogP contribution in [0.1, 0.15) is 32.6 Å². The zero-order valence-corrected chi connectivity index (χ0v) is 21.9. The second-order valence-corrected chi connectivity index (χ2v) is 10.4. The first kappa shape index (κ1) is 26.2. The average molecular weight is 515 g/mol. The van der Waals surface area contributed by atoms with Crippen molar-refractivity contribution in [3.05, 3.63) is 24.3 Å². The van der Waals surface area contributed by atoms with Gasteiger partial charge in [0.25, 0.3) is 5.91 Å². The predicted molar refractivity (Wildman–Crippen MR) is 142 cm³/mol. The summed E-state index contributed by atoms with van der Waals surface area (Å²) in [5, 5.41) is 10.9. The van der Waals surface area contributed by atoms with Gasteiger partial charge in [0.05, 0.1) is 12.1 Å². The van der Waals surface area contributed by atoms with Crippen molar-refractivity contribution in [3.8, 4) is 5.75 Å². The van der Waals surface area contributed by atoms with E-state index < -0.39 is 0 Å². The van der Waals surface area contributed by atoms with Crippen LogP contribution in [0.2, 0.25) is 0 Å². The SMILES string of the molecule is CCN1CCN(C(=O)COc2ccc(NC3NC(N4CCCCCC4)NC4CNNC(=O)C43)cc2)CC1. The molecule has 4 aliphatic rings. The summed E-state index contributed by atoms with van der Waals surface area (Å²) in [6, 6.07) is 7.65. The van der Waals surface area contributed by atoms with Crippen molar-refractivity contribution >= 4 is 17.5 Å². The molecular formula is C26H42N8O3. The lowest BCUT2D eigenvalue weighted by molar-refractivity contribution is -0.135. The van der Waals surface area contributed by atoms with Crippen molar-refractivity contribution in [2.75, 3.05) is 64.3 Å². The Hall–Kier alpha value is -2.44. The Morgan fingerprint density at radius 2 is 1.73 bits per heavy atom. The van der Waals surface area contributed by atoms with Crippen LogP contribution in [-0.4, -0.2) is 104 Å². The number of fused-ring (bicyclic) bond motifs is 1. The fourth-order valence-corrected chi connectivity index (χ4v) is 5.78. The molecule has 4 fully saturated rings. The highest BCUT2D eigenvalue weighted by atomic mass is 16.5. The molecule has 0 saturated carbocycles. The number of benzene rings is 1. The Labute approximate surface area is 219 Å². The van der Waals surface area contributed by atoms with Gasteiger partial charge in [-0.15, -0.1) is 0 Å². The molecule has 204 valence electrons. The molecule has 1 aromatic carbocycles. The first-order chi connectivity index (χ1) is 18.1. The third-order valence-electron chi connectivity index (χ3n) is 8.06. The fraction of sp³-hybridized carbons (Fsp3) is 0.692. The minimum atomic E-state index is -0.258. The van der Waals surface area contributed by atoms with E-state index in [9.17, 15) is 9.59 Å². The Bertz CT molecular complexity index is 900. The standard InChI is InChI=1S/C26H42N8O3/c1-2-32-13-15-33(16-14-32)22(35)18-37-20-9-7-19(8-10-20)28-24-23-21(17-27-31-25(23)36)29-26(30-24)34-11-5-3-4-6-12-34/h7-10,21,23-24,26-30H,2-6,11-18H2,1H3,(H,31,36). The fourth-order valence-electron chi connectivity index (χ4n) is 5.78. The Kier molecular flexibility index (Phi) is 8.78. The third kappa shape index (κ3) is 6.53. The number of hydrazine groups is 1. The number of amides is 2. The number of nitrogens with zero attached hydrogens (tertiary/aromatic N) is 3. The summed E-state index contributed by atoms with van der Waals surface area (Å²) in [5.41, 5.74) is 6.71. The minimum Gasteiger partial charge on any atom is -0.484 e. The van der Waals surface area contributed by atoms with Crippen LogP contribution in [0.15, 0.2) is 24.3 Å². The molecule has 4 atom stereocenters. The molecule has 11 heteroatoms. The molecule has 11 nitrogen and oxygen atoms in total. The van der Waals surface area contributed by atoms with Crippen molar-refractivity contribution in [2.24, 2.45) is 5.92 Å². The van der Waals surface area contributed by atoms with E-state index in [0.29, 0.717) is 12.3 Å². The lowest BCUT2D eigenvalue weighted by atomic mass is 9.91. The van der Waals surface area contributed by atoms with Crippen molar-refractivity contribution in [1.82, 2.24) is 36.2 Å². The summed E-state index contributed by atoms with van der Waals surface area (Å²) >= 11 is 0. The number of anilines is 1. The molecule has 0 radical (unpaired) electrons. The zero-order chi connectivity index (χ0) is 25.6. The van der Waals surface area contributed by atoms with Crippen LogP contribution in [0, 0.1) is 5.92 Å². The predicted octanol–water partition coefficient (Wildman–Crippen LogP) is -0.0609. The molecular weight excluding hydrogens is 472 g/mol. The number of rotatable bonds is 7. The molecule has 0 aliphatic carbocycles. The van der Waals surface area contributed by atoms with Crippen LogP contribution in [0.5, 0.6) is 5.75 Å². The number of likely N-dealkylation sites (tertiary alicyclic amines) is 1. The smallest absolute Gasteiger partial charge is 0.260 e. The summed E-state index contributed by atoms with van der Waals surface area (Å²) in [5.74, 6) is 0.399. The highest BCUT2D eigenvalue weighted by molar-refractivity contribution is 5.81. The van der Waals surface area contributed by atoms with E-state index in [1.54, 1.807) is 0 Å². The van der Waals surface area contributed by atoms with Crippen molar-refractivity contribution in [2.45, 2.75) is 51.1 Å². The second-order valence-electron chi connectivity index (χ2n) is 10.4. The van der Waals surface area contributed by atoms with Gasteiger partial charge in [-0.3, -0.25) is 30.5 Å². The van der Waals surface area contributed by atoms with Crippen LogP contribution in [-0.2, 0) is 9.59 Å². The minimum absolute atomic E-state index is 0.0114. The van der Waals surface area contributed by atoms with Crippen LogP contribution >= 0.6 is 0 Å². The molecule has 5 rings (SSSR count). The van der Waals surface area contributed by atoms with Gasteiger partial charge in [-0.1, -0.05) is 19.8 Å². The van der Waals surface area contributed by atoms with E-state index in [-0.39, 0.29) is 42.8 Å². The molecule has 4 heterocycles. The van der Waals surface area contributed by atoms with Gasteiger partial charge in [0, 0.05) is 57.5 Å². The molecule has 4 saturated heterocycles. The van der Waals surface area contributed by atoms with Crippen LogP contribution in [0.3, 0.4) is 0 Å². The van der Waals surface area contributed by atoms with Gasteiger partial charge in [-0.25, -0.2) is 5.43 Å². The molecule has 37 heavy (non-hydrogen) atoms. The largest absolute Gasteiger partial charge is 0.484 e. The normalized spacial score (nSPS) is 29.6. The van der Waals surface area contributed by atoms with E-state index in [1.165, 1.54) is 25.7 Å². The highest BCUT2D eigenvalue weighted by Gasteiger charge is 2.44. The van der Waals surface area contributed by atoms with E-state index in [1.807, 2.05) is 29.2 Å². The van der Waals surface area contributed by atoms with E-state index in [0.717, 1.165) is 51.5 Å². The molecule has 0 spiro atoms. The Morgan fingerprint density at radius 1 is 1.00 bits per heavy atom. The zero-order valence-electron chi connectivity index (χ0n) is 21.9. The quantitative estimate of drug-likeness (QED) is 0.342. The van der Waals surface area contributed by atoms with Crippen molar-refractivity contribution in [1.29, 1.82) is 0 Å². The average Bonchev–Trinajstić information content (AvgIpc) is 3.22. The summed E-state index contributed by atoms with van der Waals surface area (Å²) in [6.07, 6.45) is 4.73. The second kappa shape index (κ2) is 12.4. The number of likely N-dealkylation sites (N-methyl/N-ethyl adjacent to an activating group) is 1. The maximum atomic E-state index is 12.8. The Morgan fingerprint density at radius 3 is 2.43 bits per heavy atom. The molecule has 5 N–H and O–H groups in total. The number of piperazine rings is 1.